The molecule has 3 aromatic carbocycles. The van der Waals surface area contributed by atoms with E-state index in [0.29, 0.717) is 22.8 Å². The highest BCUT2D eigenvalue weighted by Gasteiger charge is 2.10. The van der Waals surface area contributed by atoms with E-state index in [-0.39, 0.29) is 24.5 Å². The largest absolute Gasteiger partial charge is 0.484 e. The molecule has 8 nitrogen and oxygen atoms in total. The summed E-state index contributed by atoms with van der Waals surface area (Å²) in [5.41, 5.74) is 1.72. The Hall–Kier alpha value is -4.33. The minimum Gasteiger partial charge on any atom is -0.484 e. The van der Waals surface area contributed by atoms with Crippen molar-refractivity contribution >= 4 is 34.8 Å². The van der Waals surface area contributed by atoms with E-state index in [2.05, 4.69) is 16.0 Å². The van der Waals surface area contributed by atoms with E-state index in [1.165, 1.54) is 12.1 Å². The first-order chi connectivity index (χ1) is 15.0. The predicted octanol–water partition coefficient (Wildman–Crippen LogP) is 4.09. The van der Waals surface area contributed by atoms with Gasteiger partial charge in [-0.3, -0.25) is 4.79 Å². The van der Waals surface area contributed by atoms with Crippen molar-refractivity contribution < 1.29 is 24.2 Å². The van der Waals surface area contributed by atoms with E-state index in [1.54, 1.807) is 48.5 Å². The van der Waals surface area contributed by atoms with Gasteiger partial charge in [0.1, 0.15) is 12.4 Å². The quantitative estimate of drug-likeness (QED) is 0.415. The Bertz CT molecular complexity index is 1070. The zero-order chi connectivity index (χ0) is 22.1. The number of rotatable bonds is 9. The van der Waals surface area contributed by atoms with Crippen LogP contribution in [0.4, 0.5) is 21.9 Å². The molecule has 0 aliphatic heterocycles. The van der Waals surface area contributed by atoms with Crippen molar-refractivity contribution in [3.05, 3.63) is 84.4 Å². The minimum atomic E-state index is -1.04. The molecule has 0 spiro atoms. The normalized spacial score (nSPS) is 10.1. The molecule has 31 heavy (non-hydrogen) atoms. The summed E-state index contributed by atoms with van der Waals surface area (Å²) in [4.78, 5) is 35.4. The van der Waals surface area contributed by atoms with Gasteiger partial charge in [-0.05, 0) is 42.5 Å². The Morgan fingerprint density at radius 2 is 1.52 bits per heavy atom. The SMILES string of the molecule is O=C(CNc1cccc(C(=O)O)c1)COc1ccccc1NC(=O)Nc1ccccc1. The van der Waals surface area contributed by atoms with Crippen molar-refractivity contribution in [3.8, 4) is 5.75 Å². The van der Waals surface area contributed by atoms with Crippen LogP contribution < -0.4 is 20.7 Å². The number of hydrogen-bond acceptors (Lipinski definition) is 5. The number of benzene rings is 3. The van der Waals surface area contributed by atoms with Crippen LogP contribution in [0.1, 0.15) is 10.4 Å². The number of carbonyl (C=O) groups excluding carboxylic acids is 2. The number of para-hydroxylation sites is 3. The molecule has 0 fully saturated rings. The second kappa shape index (κ2) is 10.4. The molecule has 0 bridgehead atoms. The Balaban J connectivity index is 1.52. The zero-order valence-corrected chi connectivity index (χ0v) is 16.5. The molecule has 158 valence electrons. The van der Waals surface area contributed by atoms with Gasteiger partial charge in [-0.1, -0.05) is 36.4 Å². The van der Waals surface area contributed by atoms with Gasteiger partial charge in [-0.25, -0.2) is 9.59 Å². The lowest BCUT2D eigenvalue weighted by molar-refractivity contribution is -0.119. The van der Waals surface area contributed by atoms with Crippen molar-refractivity contribution in [2.75, 3.05) is 29.1 Å². The van der Waals surface area contributed by atoms with E-state index in [0.717, 1.165) is 0 Å². The molecule has 0 aliphatic carbocycles. The number of ketones is 1. The highest BCUT2D eigenvalue weighted by molar-refractivity contribution is 6.00. The second-order valence-electron chi connectivity index (χ2n) is 6.51. The highest BCUT2D eigenvalue weighted by Crippen LogP contribution is 2.24. The van der Waals surface area contributed by atoms with Gasteiger partial charge in [0.25, 0.3) is 0 Å². The first-order valence-corrected chi connectivity index (χ1v) is 9.45. The number of amides is 2. The zero-order valence-electron chi connectivity index (χ0n) is 16.5. The van der Waals surface area contributed by atoms with Crippen molar-refractivity contribution in [2.45, 2.75) is 0 Å². The molecule has 3 rings (SSSR count). The highest BCUT2D eigenvalue weighted by atomic mass is 16.5. The number of ether oxygens (including phenoxy) is 1. The predicted molar refractivity (Wildman–Crippen MR) is 118 cm³/mol. The van der Waals surface area contributed by atoms with Crippen molar-refractivity contribution in [1.82, 2.24) is 0 Å². The van der Waals surface area contributed by atoms with Gasteiger partial charge >= 0.3 is 12.0 Å². The van der Waals surface area contributed by atoms with Crippen LogP contribution in [-0.4, -0.2) is 36.0 Å². The van der Waals surface area contributed by atoms with Crippen LogP contribution in [0.3, 0.4) is 0 Å². The molecule has 0 aliphatic rings. The number of Topliss-reactive ketones (excluding diaryl/α,β-unsaturated/α-hetero) is 1. The lowest BCUT2D eigenvalue weighted by Gasteiger charge is -2.13. The average Bonchev–Trinajstić information content (AvgIpc) is 2.78. The molecule has 4 N–H and O–H groups in total. The average molecular weight is 419 g/mol. The molecule has 0 heterocycles. The third-order valence-corrected chi connectivity index (χ3v) is 4.15. The van der Waals surface area contributed by atoms with Gasteiger partial charge in [-0.15, -0.1) is 0 Å². The van der Waals surface area contributed by atoms with Crippen LogP contribution >= 0.6 is 0 Å². The molecule has 0 saturated carbocycles. The third kappa shape index (κ3) is 6.60. The summed E-state index contributed by atoms with van der Waals surface area (Å²) in [5.74, 6) is -0.935. The van der Waals surface area contributed by atoms with Crippen LogP contribution in [0.15, 0.2) is 78.9 Å². The summed E-state index contributed by atoms with van der Waals surface area (Å²) in [6.45, 7) is -0.252. The van der Waals surface area contributed by atoms with Gasteiger partial charge in [0.15, 0.2) is 5.78 Å². The van der Waals surface area contributed by atoms with E-state index in [4.69, 9.17) is 9.84 Å². The standard InChI is InChI=1S/C23H21N3O5/c27-19(14-24-18-10-6-7-16(13-18)22(28)29)15-31-21-12-5-4-11-20(21)26-23(30)25-17-8-2-1-3-9-17/h1-13,24H,14-15H2,(H,28,29)(H2,25,26,30). The molecular weight excluding hydrogens is 398 g/mol. The van der Waals surface area contributed by atoms with Crippen LogP contribution in [0.25, 0.3) is 0 Å². The van der Waals surface area contributed by atoms with Crippen LogP contribution in [-0.2, 0) is 4.79 Å². The monoisotopic (exact) mass is 419 g/mol. The van der Waals surface area contributed by atoms with E-state index < -0.39 is 12.0 Å². The number of carbonyl (C=O) groups is 3. The van der Waals surface area contributed by atoms with E-state index >= 15 is 0 Å². The van der Waals surface area contributed by atoms with Gasteiger partial charge in [0.2, 0.25) is 0 Å². The fourth-order valence-electron chi connectivity index (χ4n) is 2.67. The topological polar surface area (TPSA) is 117 Å². The lowest BCUT2D eigenvalue weighted by atomic mass is 10.2. The number of urea groups is 1. The van der Waals surface area contributed by atoms with Crippen molar-refractivity contribution in [2.24, 2.45) is 0 Å². The Kier molecular flexibility index (Phi) is 7.21. The summed E-state index contributed by atoms with van der Waals surface area (Å²) < 4.78 is 5.57. The molecule has 0 atom stereocenters. The van der Waals surface area contributed by atoms with Crippen molar-refractivity contribution in [1.29, 1.82) is 0 Å². The van der Waals surface area contributed by atoms with Gasteiger partial charge in [-0.2, -0.15) is 0 Å². The maximum atomic E-state index is 12.2. The van der Waals surface area contributed by atoms with Crippen LogP contribution in [0.5, 0.6) is 5.75 Å². The third-order valence-electron chi connectivity index (χ3n) is 4.15. The van der Waals surface area contributed by atoms with Crippen molar-refractivity contribution in [3.63, 3.8) is 0 Å². The molecule has 8 heteroatoms. The summed E-state index contributed by atoms with van der Waals surface area (Å²) in [5, 5.41) is 17.3. The summed E-state index contributed by atoms with van der Waals surface area (Å²) >= 11 is 0. The molecule has 0 aromatic heterocycles. The van der Waals surface area contributed by atoms with E-state index in [1.807, 2.05) is 18.2 Å². The number of hydrogen-bond donors (Lipinski definition) is 4. The maximum Gasteiger partial charge on any atom is 0.335 e. The smallest absolute Gasteiger partial charge is 0.335 e. The fourth-order valence-corrected chi connectivity index (χ4v) is 2.67. The minimum absolute atomic E-state index is 0.0346. The molecule has 2 amide bonds. The fraction of sp³-hybridized carbons (Fsp3) is 0.0870. The number of carboxylic acids is 1. The van der Waals surface area contributed by atoms with Crippen LogP contribution in [0.2, 0.25) is 0 Å². The van der Waals surface area contributed by atoms with Gasteiger partial charge < -0.3 is 25.8 Å². The first kappa shape index (κ1) is 21.4. The Labute approximate surface area is 178 Å². The summed E-state index contributed by atoms with van der Waals surface area (Å²) in [6.07, 6.45) is 0. The maximum absolute atomic E-state index is 12.2. The van der Waals surface area contributed by atoms with Gasteiger partial charge in [0, 0.05) is 11.4 Å². The first-order valence-electron chi connectivity index (χ1n) is 9.45. The molecule has 0 saturated heterocycles. The molecular formula is C23H21N3O5. The van der Waals surface area contributed by atoms with Gasteiger partial charge in [0.05, 0.1) is 17.8 Å². The van der Waals surface area contributed by atoms with E-state index in [9.17, 15) is 14.4 Å². The number of carboxylic acid groups (broad SMARTS) is 1. The van der Waals surface area contributed by atoms with Crippen LogP contribution in [0, 0.1) is 0 Å². The Morgan fingerprint density at radius 1 is 0.806 bits per heavy atom. The molecule has 0 radical (unpaired) electrons. The number of aromatic carboxylic acids is 1. The number of nitrogens with one attached hydrogen (secondary N) is 3. The summed E-state index contributed by atoms with van der Waals surface area (Å²) in [7, 11) is 0. The Morgan fingerprint density at radius 3 is 2.29 bits per heavy atom. The number of anilines is 3. The molecule has 0 unspecified atom stereocenters. The second-order valence-corrected chi connectivity index (χ2v) is 6.51. The lowest BCUT2D eigenvalue weighted by Crippen LogP contribution is -2.22. The summed E-state index contributed by atoms with van der Waals surface area (Å²) in [6, 6.07) is 21.5. The molecule has 3 aromatic rings.